The van der Waals surface area contributed by atoms with Gasteiger partial charge in [0.25, 0.3) is 0 Å². The van der Waals surface area contributed by atoms with Gasteiger partial charge in [0.1, 0.15) is 18.2 Å². The standard InChI is InChI=1S/C22H28N6O4S/c1-3-12(10-29)28-18(20(31)24-11-27-14-7-5-4-6-13(14)25-26-27)22-9-8-15(33-22)16(19(30)23-2)17(22)21(28)32/h4-7,12,15-18,29H,3,8-11H2,1-2H3,(H,23,30)(H,24,31)/t12-,15+,16-,17-,18?,22?/m0/s1. The summed E-state index contributed by atoms with van der Waals surface area (Å²) in [4.78, 5) is 41.7. The van der Waals surface area contributed by atoms with E-state index in [0.29, 0.717) is 12.8 Å². The van der Waals surface area contributed by atoms with Crippen LogP contribution in [0.15, 0.2) is 24.3 Å². The van der Waals surface area contributed by atoms with Crippen LogP contribution >= 0.6 is 11.8 Å². The number of para-hydroxylation sites is 1. The fourth-order valence-electron chi connectivity index (χ4n) is 5.95. The highest BCUT2D eigenvalue weighted by atomic mass is 32.2. The van der Waals surface area contributed by atoms with Crippen molar-refractivity contribution in [1.29, 1.82) is 0 Å². The quantitative estimate of drug-likeness (QED) is 0.522. The molecule has 1 aromatic heterocycles. The van der Waals surface area contributed by atoms with Crippen molar-refractivity contribution in [2.24, 2.45) is 11.8 Å². The molecule has 4 heterocycles. The summed E-state index contributed by atoms with van der Waals surface area (Å²) in [5, 5.41) is 23.9. The number of thioether (sulfide) groups is 1. The minimum absolute atomic E-state index is 0.0183. The topological polar surface area (TPSA) is 129 Å². The lowest BCUT2D eigenvalue weighted by Gasteiger charge is -2.36. The van der Waals surface area contributed by atoms with E-state index in [1.807, 2.05) is 31.2 Å². The second-order valence-electron chi connectivity index (χ2n) is 8.94. The Morgan fingerprint density at radius 3 is 2.85 bits per heavy atom. The predicted octanol–water partition coefficient (Wildman–Crippen LogP) is 0.113. The van der Waals surface area contributed by atoms with Gasteiger partial charge in [-0.1, -0.05) is 24.3 Å². The summed E-state index contributed by atoms with van der Waals surface area (Å²) in [5.41, 5.74) is 1.53. The number of benzene rings is 1. The summed E-state index contributed by atoms with van der Waals surface area (Å²) in [6.07, 6.45) is 1.99. The minimum Gasteiger partial charge on any atom is -0.394 e. The zero-order chi connectivity index (χ0) is 23.3. The number of nitrogens with one attached hydrogen (secondary N) is 2. The molecule has 3 aliphatic rings. The van der Waals surface area contributed by atoms with Gasteiger partial charge in [-0.3, -0.25) is 14.4 Å². The zero-order valence-electron chi connectivity index (χ0n) is 18.6. The molecule has 33 heavy (non-hydrogen) atoms. The smallest absolute Gasteiger partial charge is 0.245 e. The average molecular weight is 473 g/mol. The van der Waals surface area contributed by atoms with Gasteiger partial charge in [0, 0.05) is 12.3 Å². The van der Waals surface area contributed by atoms with Gasteiger partial charge in [-0.25, -0.2) is 4.68 Å². The van der Waals surface area contributed by atoms with Crippen molar-refractivity contribution in [2.45, 2.75) is 54.9 Å². The van der Waals surface area contributed by atoms with Gasteiger partial charge in [0.15, 0.2) is 0 Å². The number of hydrogen-bond acceptors (Lipinski definition) is 7. The molecule has 3 amide bonds. The van der Waals surface area contributed by atoms with Gasteiger partial charge >= 0.3 is 0 Å². The van der Waals surface area contributed by atoms with E-state index >= 15 is 0 Å². The molecule has 2 aromatic rings. The summed E-state index contributed by atoms with van der Waals surface area (Å²) < 4.78 is 0.940. The largest absolute Gasteiger partial charge is 0.394 e. The Hall–Kier alpha value is -2.66. The van der Waals surface area contributed by atoms with Crippen LogP contribution in [0.3, 0.4) is 0 Å². The van der Waals surface area contributed by atoms with E-state index in [1.165, 1.54) is 0 Å². The van der Waals surface area contributed by atoms with Crippen LogP contribution in [0.25, 0.3) is 11.0 Å². The summed E-state index contributed by atoms with van der Waals surface area (Å²) in [7, 11) is 1.58. The maximum Gasteiger partial charge on any atom is 0.245 e. The molecule has 3 fully saturated rings. The first-order chi connectivity index (χ1) is 16.0. The highest BCUT2D eigenvalue weighted by Gasteiger charge is 2.74. The molecule has 2 unspecified atom stereocenters. The molecule has 5 rings (SSSR count). The number of rotatable bonds is 7. The van der Waals surface area contributed by atoms with Crippen LogP contribution in [-0.2, 0) is 21.1 Å². The summed E-state index contributed by atoms with van der Waals surface area (Å²) in [6, 6.07) is 6.24. The zero-order valence-corrected chi connectivity index (χ0v) is 19.4. The number of carbonyl (C=O) groups excluding carboxylic acids is 3. The van der Waals surface area contributed by atoms with Crippen LogP contribution < -0.4 is 10.6 Å². The SMILES string of the molecule is CC[C@@H](CO)N1C(=O)[C@@H]2[C@@H](C(=O)NC)[C@H]3CCC2(S3)C1C(=O)NCn1nnc2ccccc21. The van der Waals surface area contributed by atoms with Crippen LogP contribution in [0.2, 0.25) is 0 Å². The van der Waals surface area contributed by atoms with Crippen molar-refractivity contribution in [2.75, 3.05) is 13.7 Å². The molecule has 1 aromatic carbocycles. The predicted molar refractivity (Wildman–Crippen MR) is 122 cm³/mol. The number of aliphatic hydroxyl groups is 1. The van der Waals surface area contributed by atoms with E-state index in [-0.39, 0.29) is 36.2 Å². The Balaban J connectivity index is 1.47. The average Bonchev–Trinajstić information content (AvgIpc) is 3.57. The Morgan fingerprint density at radius 1 is 1.33 bits per heavy atom. The number of likely N-dealkylation sites (tertiary alicyclic amines) is 1. The van der Waals surface area contributed by atoms with E-state index in [0.717, 1.165) is 17.5 Å². The second-order valence-corrected chi connectivity index (χ2v) is 10.5. The Labute approximate surface area is 195 Å². The first-order valence-electron chi connectivity index (χ1n) is 11.3. The molecule has 3 saturated heterocycles. The number of hydrogen-bond donors (Lipinski definition) is 3. The van der Waals surface area contributed by atoms with E-state index < -0.39 is 28.7 Å². The van der Waals surface area contributed by atoms with Gasteiger partial charge < -0.3 is 20.6 Å². The molecule has 0 saturated carbocycles. The molecule has 1 spiro atoms. The summed E-state index contributed by atoms with van der Waals surface area (Å²) in [6.45, 7) is 1.76. The third kappa shape index (κ3) is 3.16. The molecule has 6 atom stereocenters. The number of aromatic nitrogens is 3. The minimum atomic E-state index is -0.758. The molecule has 0 radical (unpaired) electrons. The fraction of sp³-hybridized carbons (Fsp3) is 0.591. The molecule has 176 valence electrons. The normalized spacial score (nSPS) is 31.1. The lowest BCUT2D eigenvalue weighted by atomic mass is 9.71. The molecule has 10 nitrogen and oxygen atoms in total. The Kier molecular flexibility index (Phi) is 5.56. The van der Waals surface area contributed by atoms with Crippen molar-refractivity contribution in [3.05, 3.63) is 24.3 Å². The van der Waals surface area contributed by atoms with Crippen molar-refractivity contribution < 1.29 is 19.5 Å². The van der Waals surface area contributed by atoms with E-state index in [2.05, 4.69) is 20.9 Å². The van der Waals surface area contributed by atoms with Crippen molar-refractivity contribution in [3.8, 4) is 0 Å². The molecular formula is C22H28N6O4S. The monoisotopic (exact) mass is 472 g/mol. The first-order valence-corrected chi connectivity index (χ1v) is 12.2. The number of aliphatic hydroxyl groups excluding tert-OH is 1. The highest BCUT2D eigenvalue weighted by molar-refractivity contribution is 8.02. The number of carbonyl (C=O) groups is 3. The van der Waals surface area contributed by atoms with Crippen molar-refractivity contribution >= 4 is 40.5 Å². The van der Waals surface area contributed by atoms with Crippen LogP contribution in [-0.4, -0.2) is 78.5 Å². The lowest BCUT2D eigenvalue weighted by Crippen LogP contribution is -2.56. The molecule has 0 aliphatic carbocycles. The highest BCUT2D eigenvalue weighted by Crippen LogP contribution is 2.66. The fourth-order valence-corrected chi connectivity index (χ4v) is 8.15. The van der Waals surface area contributed by atoms with Gasteiger partial charge in [0.05, 0.1) is 34.7 Å². The second kappa shape index (κ2) is 8.28. The summed E-state index contributed by atoms with van der Waals surface area (Å²) in [5.74, 6) is -1.67. The lowest BCUT2D eigenvalue weighted by molar-refractivity contribution is -0.142. The third-order valence-corrected chi connectivity index (χ3v) is 9.39. The van der Waals surface area contributed by atoms with Gasteiger partial charge in [0.2, 0.25) is 17.7 Å². The van der Waals surface area contributed by atoms with Crippen LogP contribution in [0.1, 0.15) is 26.2 Å². The van der Waals surface area contributed by atoms with E-state index in [9.17, 15) is 19.5 Å². The Bertz CT molecular complexity index is 1100. The maximum atomic E-state index is 13.7. The van der Waals surface area contributed by atoms with Gasteiger partial charge in [-0.2, -0.15) is 0 Å². The maximum absolute atomic E-state index is 13.7. The van der Waals surface area contributed by atoms with Crippen molar-refractivity contribution in [1.82, 2.24) is 30.5 Å². The third-order valence-electron chi connectivity index (χ3n) is 7.43. The van der Waals surface area contributed by atoms with Crippen molar-refractivity contribution in [3.63, 3.8) is 0 Å². The molecule has 3 N–H and O–H groups in total. The number of amides is 3. The van der Waals surface area contributed by atoms with E-state index in [1.54, 1.807) is 28.4 Å². The van der Waals surface area contributed by atoms with Gasteiger partial charge in [-0.05, 0) is 31.4 Å². The summed E-state index contributed by atoms with van der Waals surface area (Å²) >= 11 is 1.61. The number of nitrogens with zero attached hydrogens (tertiary/aromatic N) is 4. The molecule has 2 bridgehead atoms. The van der Waals surface area contributed by atoms with Crippen LogP contribution in [0, 0.1) is 11.8 Å². The molecule has 3 aliphatic heterocycles. The van der Waals surface area contributed by atoms with Gasteiger partial charge in [-0.15, -0.1) is 16.9 Å². The molecule has 11 heteroatoms. The van der Waals surface area contributed by atoms with Crippen LogP contribution in [0.4, 0.5) is 0 Å². The Morgan fingerprint density at radius 2 is 2.12 bits per heavy atom. The molecular weight excluding hydrogens is 444 g/mol. The first kappa shape index (κ1) is 22.1. The van der Waals surface area contributed by atoms with Crippen LogP contribution in [0.5, 0.6) is 0 Å². The van der Waals surface area contributed by atoms with E-state index in [4.69, 9.17) is 0 Å². The number of fused-ring (bicyclic) bond motifs is 2.